The predicted molar refractivity (Wildman–Crippen MR) is 138 cm³/mol. The molecule has 1 unspecified atom stereocenters. The zero-order chi connectivity index (χ0) is 23.7. The third kappa shape index (κ3) is 5.70. The number of hydrogen-bond donors (Lipinski definition) is 1. The van der Waals surface area contributed by atoms with Crippen LogP contribution in [0.5, 0.6) is 0 Å². The van der Waals surface area contributed by atoms with Gasteiger partial charge in [-0.05, 0) is 49.6 Å². The number of aromatic nitrogens is 4. The Hall–Kier alpha value is -3.27. The Balaban J connectivity index is 0.00000180. The van der Waals surface area contributed by atoms with Gasteiger partial charge in [-0.15, -0.1) is 10.2 Å². The van der Waals surface area contributed by atoms with E-state index in [1.165, 1.54) is 18.4 Å². The van der Waals surface area contributed by atoms with Crippen molar-refractivity contribution in [3.63, 3.8) is 0 Å². The van der Waals surface area contributed by atoms with Crippen molar-refractivity contribution >= 4 is 10.8 Å². The van der Waals surface area contributed by atoms with E-state index in [0.29, 0.717) is 34.9 Å². The van der Waals surface area contributed by atoms with E-state index >= 15 is 0 Å². The molecule has 0 radical (unpaired) electrons. The average Bonchev–Trinajstić information content (AvgIpc) is 3.57. The summed E-state index contributed by atoms with van der Waals surface area (Å²) in [5.41, 5.74) is 4.93. The van der Waals surface area contributed by atoms with E-state index in [1.807, 2.05) is 57.2 Å². The maximum absolute atomic E-state index is 12.3. The average molecular weight is 494 g/mol. The van der Waals surface area contributed by atoms with Crippen molar-refractivity contribution in [3.8, 4) is 34.3 Å². The van der Waals surface area contributed by atoms with E-state index in [0.717, 1.165) is 22.6 Å². The summed E-state index contributed by atoms with van der Waals surface area (Å²) < 4.78 is 18.3. The van der Waals surface area contributed by atoms with Crippen molar-refractivity contribution in [1.82, 2.24) is 25.5 Å². The van der Waals surface area contributed by atoms with Gasteiger partial charge in [0.1, 0.15) is 5.69 Å². The number of hydrogen-bond acceptors (Lipinski definition) is 7. The van der Waals surface area contributed by atoms with E-state index in [1.54, 1.807) is 6.20 Å². The van der Waals surface area contributed by atoms with Crippen molar-refractivity contribution in [2.75, 3.05) is 0 Å². The summed E-state index contributed by atoms with van der Waals surface area (Å²) in [6, 6.07) is 16.4. The van der Waals surface area contributed by atoms with Crippen LogP contribution in [-0.2, 0) is 17.3 Å². The molecular formula is C26H31N5O3S. The largest absolute Gasteiger partial charge is 0.415 e. The molecule has 2 aromatic carbocycles. The highest BCUT2D eigenvalue weighted by Gasteiger charge is 2.20. The molecule has 1 aliphatic carbocycles. The molecule has 8 nitrogen and oxygen atoms in total. The fourth-order valence-corrected chi connectivity index (χ4v) is 4.52. The molecule has 3 N–H and O–H groups in total. The van der Waals surface area contributed by atoms with Crippen LogP contribution in [0.15, 0.2) is 64.0 Å². The van der Waals surface area contributed by atoms with Crippen LogP contribution in [0.2, 0.25) is 0 Å². The molecule has 0 spiro atoms. The SMILES string of the molecule is Cc1ncc(-c2ccc(S(=O)C(C)C)cc2)nc1-c1nnc(-c2ccc(CNC3CC3)cc2)o1.O.[HH]. The van der Waals surface area contributed by atoms with Gasteiger partial charge in [0.05, 0.1) is 28.4 Å². The molecule has 1 fully saturated rings. The highest BCUT2D eigenvalue weighted by atomic mass is 32.2. The van der Waals surface area contributed by atoms with Gasteiger partial charge in [-0.2, -0.15) is 0 Å². The second kappa shape index (κ2) is 10.6. The Labute approximate surface area is 208 Å². The summed E-state index contributed by atoms with van der Waals surface area (Å²) in [6.45, 7) is 6.63. The zero-order valence-electron chi connectivity index (χ0n) is 20.0. The Kier molecular flexibility index (Phi) is 7.49. The Morgan fingerprint density at radius 3 is 2.34 bits per heavy atom. The highest BCUT2D eigenvalue weighted by molar-refractivity contribution is 7.85. The van der Waals surface area contributed by atoms with Gasteiger partial charge in [0.15, 0.2) is 0 Å². The number of benzene rings is 2. The van der Waals surface area contributed by atoms with Crippen LogP contribution in [0.1, 0.15) is 39.4 Å². The Morgan fingerprint density at radius 1 is 1.03 bits per heavy atom. The lowest BCUT2D eigenvalue weighted by Crippen LogP contribution is -2.14. The number of aryl methyl sites for hydroxylation is 1. The molecule has 9 heteroatoms. The normalized spacial score (nSPS) is 14.1. The van der Waals surface area contributed by atoms with Gasteiger partial charge in [-0.1, -0.05) is 38.1 Å². The fourth-order valence-electron chi connectivity index (χ4n) is 3.57. The first-order valence-corrected chi connectivity index (χ1v) is 12.7. The zero-order valence-corrected chi connectivity index (χ0v) is 20.8. The van der Waals surface area contributed by atoms with Crippen molar-refractivity contribution in [3.05, 3.63) is 66.0 Å². The summed E-state index contributed by atoms with van der Waals surface area (Å²) in [4.78, 5) is 10.0. The van der Waals surface area contributed by atoms with Crippen LogP contribution in [0.4, 0.5) is 0 Å². The summed E-state index contributed by atoms with van der Waals surface area (Å²) in [6.07, 6.45) is 4.27. The van der Waals surface area contributed by atoms with Gasteiger partial charge in [0.25, 0.3) is 5.89 Å². The maximum atomic E-state index is 12.3. The molecule has 2 heterocycles. The summed E-state index contributed by atoms with van der Waals surface area (Å²) in [5.74, 6) is 0.780. The molecule has 184 valence electrons. The van der Waals surface area contributed by atoms with Crippen LogP contribution in [-0.4, -0.2) is 41.1 Å². The van der Waals surface area contributed by atoms with Crippen LogP contribution < -0.4 is 5.32 Å². The van der Waals surface area contributed by atoms with Crippen molar-refractivity contribution in [2.45, 2.75) is 56.3 Å². The molecule has 1 saturated carbocycles. The molecule has 0 saturated heterocycles. The molecule has 2 aromatic heterocycles. The highest BCUT2D eigenvalue weighted by Crippen LogP contribution is 2.27. The van der Waals surface area contributed by atoms with Gasteiger partial charge in [0.2, 0.25) is 5.89 Å². The second-order valence-corrected chi connectivity index (χ2v) is 10.8. The van der Waals surface area contributed by atoms with E-state index in [4.69, 9.17) is 9.40 Å². The van der Waals surface area contributed by atoms with E-state index in [2.05, 4.69) is 32.6 Å². The topological polar surface area (TPSA) is 125 Å². The Bertz CT molecular complexity index is 1320. The molecule has 1 aliphatic rings. The number of rotatable bonds is 8. The predicted octanol–water partition coefficient (Wildman–Crippen LogP) is 4.36. The van der Waals surface area contributed by atoms with Crippen LogP contribution >= 0.6 is 0 Å². The third-order valence-electron chi connectivity index (χ3n) is 5.77. The fraction of sp³-hybridized carbons (Fsp3) is 0.308. The van der Waals surface area contributed by atoms with Gasteiger partial charge >= 0.3 is 0 Å². The van der Waals surface area contributed by atoms with E-state index in [9.17, 15) is 4.21 Å². The van der Waals surface area contributed by atoms with Crippen molar-refractivity contribution in [2.24, 2.45) is 0 Å². The molecule has 0 bridgehead atoms. The lowest BCUT2D eigenvalue weighted by molar-refractivity contribution is 0.581. The number of nitrogens with zero attached hydrogens (tertiary/aromatic N) is 4. The summed E-state index contributed by atoms with van der Waals surface area (Å²) in [7, 11) is -1.03. The maximum Gasteiger partial charge on any atom is 0.268 e. The first-order valence-electron chi connectivity index (χ1n) is 11.5. The quantitative estimate of drug-likeness (QED) is 0.386. The van der Waals surface area contributed by atoms with E-state index in [-0.39, 0.29) is 12.2 Å². The van der Waals surface area contributed by atoms with Gasteiger partial charge in [-0.25, -0.2) is 4.98 Å². The van der Waals surface area contributed by atoms with Crippen molar-refractivity contribution < 1.29 is 15.5 Å². The van der Waals surface area contributed by atoms with Gasteiger partial charge in [-0.3, -0.25) is 9.19 Å². The van der Waals surface area contributed by atoms with Crippen LogP contribution in [0.25, 0.3) is 34.3 Å². The number of nitrogens with one attached hydrogen (secondary N) is 1. The van der Waals surface area contributed by atoms with Crippen molar-refractivity contribution in [1.29, 1.82) is 0 Å². The lowest BCUT2D eigenvalue weighted by Gasteiger charge is -2.08. The second-order valence-electron chi connectivity index (χ2n) is 8.82. The van der Waals surface area contributed by atoms with Crippen LogP contribution in [0.3, 0.4) is 0 Å². The van der Waals surface area contributed by atoms with Gasteiger partial charge < -0.3 is 15.2 Å². The summed E-state index contributed by atoms with van der Waals surface area (Å²) in [5, 5.41) is 12.1. The smallest absolute Gasteiger partial charge is 0.268 e. The van der Waals surface area contributed by atoms with Gasteiger partial charge in [0, 0.05) is 35.3 Å². The summed E-state index contributed by atoms with van der Waals surface area (Å²) >= 11 is 0. The Morgan fingerprint density at radius 2 is 1.69 bits per heavy atom. The lowest BCUT2D eigenvalue weighted by atomic mass is 10.1. The monoisotopic (exact) mass is 493 g/mol. The molecule has 35 heavy (non-hydrogen) atoms. The molecule has 5 rings (SSSR count). The molecular weight excluding hydrogens is 462 g/mol. The molecule has 4 aromatic rings. The molecule has 1 atom stereocenters. The molecule has 0 aliphatic heterocycles. The third-order valence-corrected chi connectivity index (χ3v) is 7.36. The molecule has 0 amide bonds. The minimum atomic E-state index is -1.03. The van der Waals surface area contributed by atoms with E-state index < -0.39 is 10.8 Å². The minimum Gasteiger partial charge on any atom is -0.415 e. The first-order chi connectivity index (χ1) is 16.5. The first kappa shape index (κ1) is 24.8. The minimum absolute atomic E-state index is 0. The van der Waals surface area contributed by atoms with Crippen LogP contribution in [0, 0.1) is 6.92 Å². The standard InChI is InChI=1S/C26H27N5O2S.H2O.H2/c1-16(2)34(32)22-12-8-19(9-13-22)23-15-27-17(3)24(29-23)26-31-30-25(33-26)20-6-4-18(5-7-20)14-28-21-10-11-21;;/h4-9,12-13,15-16,21,28H,10-11,14H2,1-3H3;1H2;1H.